The first kappa shape index (κ1) is 9.16. The summed E-state index contributed by atoms with van der Waals surface area (Å²) in [5, 5.41) is 0.667. The van der Waals surface area contributed by atoms with Gasteiger partial charge < -0.3 is 29.7 Å². The Balaban J connectivity index is 0.000000640. The molecule has 1 heterocycles. The molecule has 0 fully saturated rings. The Bertz CT molecular complexity index is 177. The predicted molar refractivity (Wildman–Crippen MR) is 36.0 cm³/mol. The smallest absolute Gasteiger partial charge is 0.180 e. The van der Waals surface area contributed by atoms with E-state index in [9.17, 15) is 0 Å². The van der Waals surface area contributed by atoms with E-state index in [1.165, 1.54) is 16.2 Å². The van der Waals surface area contributed by atoms with Gasteiger partial charge in [-0.2, -0.15) is 0 Å². The molecule has 1 aromatic rings. The van der Waals surface area contributed by atoms with Crippen LogP contribution in [0.2, 0.25) is 0 Å². The van der Waals surface area contributed by atoms with Gasteiger partial charge in [-0.25, -0.2) is 4.98 Å². The van der Waals surface area contributed by atoms with Crippen LogP contribution < -0.4 is 29.7 Å². The summed E-state index contributed by atoms with van der Waals surface area (Å²) in [4.78, 5) is 5.22. The molecule has 0 unspecified atom stereocenters. The van der Waals surface area contributed by atoms with Crippen LogP contribution in [0, 0.1) is 13.8 Å². The van der Waals surface area contributed by atoms with Gasteiger partial charge in [-0.3, -0.25) is 0 Å². The van der Waals surface area contributed by atoms with Crippen LogP contribution in [0.4, 0.5) is 5.13 Å². The summed E-state index contributed by atoms with van der Waals surface area (Å²) >= 11 is 1.54. The van der Waals surface area contributed by atoms with E-state index in [0.717, 1.165) is 5.69 Å². The lowest BCUT2D eigenvalue weighted by Gasteiger charge is -1.77. The summed E-state index contributed by atoms with van der Waals surface area (Å²) in [5.74, 6) is 0. The average molecular weight is 255 g/mol. The monoisotopic (exact) mass is 255 g/mol. The summed E-state index contributed by atoms with van der Waals surface area (Å²) in [6, 6.07) is 0. The van der Waals surface area contributed by atoms with Crippen molar-refractivity contribution in [2.24, 2.45) is 0 Å². The lowest BCUT2D eigenvalue weighted by molar-refractivity contribution is -0.00000185. The van der Waals surface area contributed by atoms with E-state index in [1.54, 1.807) is 0 Å². The molecule has 0 aliphatic heterocycles. The molecule has 9 heavy (non-hydrogen) atoms. The molecule has 2 nitrogen and oxygen atoms in total. The second-order valence-corrected chi connectivity index (χ2v) is 2.93. The molecule has 0 saturated heterocycles. The maximum Gasteiger partial charge on any atom is 0.180 e. The van der Waals surface area contributed by atoms with Gasteiger partial charge in [0.05, 0.1) is 5.69 Å². The van der Waals surface area contributed by atoms with Gasteiger partial charge in [0.25, 0.3) is 0 Å². The number of rotatable bonds is 0. The Kier molecular flexibility index (Phi) is 3.42. The lowest BCUT2D eigenvalue weighted by Crippen LogP contribution is -3.00. The summed E-state index contributed by atoms with van der Waals surface area (Å²) in [6.45, 7) is 3.98. The fraction of sp³-hybridized carbons (Fsp3) is 0.400. The number of thiazole rings is 1. The number of hydrogen-bond acceptors (Lipinski definition) is 3. The molecule has 1 aromatic heterocycles. The Morgan fingerprint density at radius 2 is 2.00 bits per heavy atom. The van der Waals surface area contributed by atoms with Crippen LogP contribution in [0.5, 0.6) is 0 Å². The van der Waals surface area contributed by atoms with Crippen LogP contribution >= 0.6 is 11.3 Å². The first-order chi connectivity index (χ1) is 3.70. The number of anilines is 1. The van der Waals surface area contributed by atoms with Gasteiger partial charge in [0.2, 0.25) is 0 Å². The van der Waals surface area contributed by atoms with E-state index in [-0.39, 0.29) is 24.0 Å². The third-order valence-corrected chi connectivity index (χ3v) is 1.95. The minimum Gasteiger partial charge on any atom is -1.00 e. The predicted octanol–water partition coefficient (Wildman–Crippen LogP) is -1.65. The van der Waals surface area contributed by atoms with Crippen molar-refractivity contribution in [1.82, 2.24) is 4.98 Å². The molecule has 0 amide bonds. The topological polar surface area (TPSA) is 38.9 Å². The molecule has 1 rings (SSSR count). The summed E-state index contributed by atoms with van der Waals surface area (Å²) < 4.78 is 0. The maximum absolute atomic E-state index is 5.39. The molecule has 0 saturated carbocycles. The van der Waals surface area contributed by atoms with E-state index in [0.29, 0.717) is 5.13 Å². The van der Waals surface area contributed by atoms with Crippen LogP contribution in [-0.4, -0.2) is 4.98 Å². The number of hydrogen-bond donors (Lipinski definition) is 1. The molecule has 4 heteroatoms. The highest BCUT2D eigenvalue weighted by atomic mass is 127. The molecule has 0 spiro atoms. The zero-order valence-corrected chi connectivity index (χ0v) is 8.28. The normalized spacial score (nSPS) is 8.67. The van der Waals surface area contributed by atoms with Gasteiger partial charge in [-0.15, -0.1) is 11.3 Å². The molecule has 0 aromatic carbocycles. The standard InChI is InChI=1S/C5H8N2S.HI/c1-3-4(2)8-5(6)7-3;/h1-2H3,(H2,6,7);1H/p-1. The van der Waals surface area contributed by atoms with Gasteiger partial charge in [0.15, 0.2) is 5.13 Å². The van der Waals surface area contributed by atoms with Crippen molar-refractivity contribution in [2.45, 2.75) is 13.8 Å². The quantitative estimate of drug-likeness (QED) is 0.564. The number of nitrogen functional groups attached to an aromatic ring is 1. The Hall–Kier alpha value is 0.160. The van der Waals surface area contributed by atoms with E-state index >= 15 is 0 Å². The molecule has 2 N–H and O–H groups in total. The van der Waals surface area contributed by atoms with Crippen molar-refractivity contribution >= 4 is 16.5 Å². The first-order valence-electron chi connectivity index (χ1n) is 2.39. The molecule has 52 valence electrons. The largest absolute Gasteiger partial charge is 1.00 e. The number of nitrogens with two attached hydrogens (primary N) is 1. The van der Waals surface area contributed by atoms with E-state index < -0.39 is 0 Å². The second kappa shape index (κ2) is 3.36. The molecule has 0 atom stereocenters. The van der Waals surface area contributed by atoms with Gasteiger partial charge in [-0.05, 0) is 13.8 Å². The molecule has 0 radical (unpaired) electrons. The van der Waals surface area contributed by atoms with Crippen molar-refractivity contribution in [3.63, 3.8) is 0 Å². The highest BCUT2D eigenvalue weighted by molar-refractivity contribution is 7.15. The van der Waals surface area contributed by atoms with E-state index in [1.807, 2.05) is 13.8 Å². The van der Waals surface area contributed by atoms with Crippen LogP contribution in [0.25, 0.3) is 0 Å². The summed E-state index contributed by atoms with van der Waals surface area (Å²) in [5.41, 5.74) is 6.44. The van der Waals surface area contributed by atoms with Gasteiger partial charge in [0, 0.05) is 4.88 Å². The fourth-order valence-electron chi connectivity index (χ4n) is 0.498. The minimum absolute atomic E-state index is 0. The fourth-order valence-corrected chi connectivity index (χ4v) is 1.19. The first-order valence-corrected chi connectivity index (χ1v) is 3.21. The number of nitrogens with zero attached hydrogens (tertiary/aromatic N) is 1. The van der Waals surface area contributed by atoms with Gasteiger partial charge in [0.1, 0.15) is 0 Å². The average Bonchev–Trinajstić information content (AvgIpc) is 1.85. The molecule has 0 aliphatic rings. The number of aromatic nitrogens is 1. The zero-order valence-electron chi connectivity index (χ0n) is 5.31. The molecule has 0 bridgehead atoms. The van der Waals surface area contributed by atoms with Crippen molar-refractivity contribution < 1.29 is 24.0 Å². The van der Waals surface area contributed by atoms with Crippen molar-refractivity contribution in [3.8, 4) is 0 Å². The summed E-state index contributed by atoms with van der Waals surface area (Å²) in [6.07, 6.45) is 0. The van der Waals surface area contributed by atoms with Gasteiger partial charge >= 0.3 is 0 Å². The van der Waals surface area contributed by atoms with Crippen LogP contribution in [0.15, 0.2) is 0 Å². The Morgan fingerprint density at radius 3 is 2.11 bits per heavy atom. The van der Waals surface area contributed by atoms with E-state index in [2.05, 4.69) is 4.98 Å². The van der Waals surface area contributed by atoms with Crippen molar-refractivity contribution in [1.29, 1.82) is 0 Å². The van der Waals surface area contributed by atoms with Crippen molar-refractivity contribution in [3.05, 3.63) is 10.6 Å². The lowest BCUT2D eigenvalue weighted by atomic mass is 10.4. The SMILES string of the molecule is Cc1nc(N)sc1C.[I-]. The highest BCUT2D eigenvalue weighted by Gasteiger charge is 1.96. The van der Waals surface area contributed by atoms with Gasteiger partial charge in [-0.1, -0.05) is 0 Å². The van der Waals surface area contributed by atoms with Crippen LogP contribution in [-0.2, 0) is 0 Å². The maximum atomic E-state index is 5.39. The molecule has 0 aliphatic carbocycles. The van der Waals surface area contributed by atoms with E-state index in [4.69, 9.17) is 5.73 Å². The van der Waals surface area contributed by atoms with Crippen molar-refractivity contribution in [2.75, 3.05) is 5.73 Å². The van der Waals surface area contributed by atoms with Crippen LogP contribution in [0.3, 0.4) is 0 Å². The number of halogens is 1. The highest BCUT2D eigenvalue weighted by Crippen LogP contribution is 2.16. The minimum atomic E-state index is 0. The Morgan fingerprint density at radius 1 is 1.44 bits per heavy atom. The zero-order chi connectivity index (χ0) is 6.15. The Labute approximate surface area is 75.5 Å². The molecular formula is C5H8IN2S-. The number of aryl methyl sites for hydroxylation is 2. The second-order valence-electron chi connectivity index (χ2n) is 1.69. The third-order valence-electron chi connectivity index (χ3n) is 1.05. The molecular weight excluding hydrogens is 247 g/mol. The van der Waals surface area contributed by atoms with Crippen LogP contribution in [0.1, 0.15) is 10.6 Å². The summed E-state index contributed by atoms with van der Waals surface area (Å²) in [7, 11) is 0. The third kappa shape index (κ3) is 2.09.